The fourth-order valence-electron chi connectivity index (χ4n) is 2.93. The summed E-state index contributed by atoms with van der Waals surface area (Å²) < 4.78 is 12.6. The Bertz CT molecular complexity index is 820. The van der Waals surface area contributed by atoms with Gasteiger partial charge in [0.25, 0.3) is 0 Å². The molecule has 1 aliphatic rings. The second-order valence-electron chi connectivity index (χ2n) is 12.4. The fourth-order valence-corrected chi connectivity index (χ4v) is 2.93. The van der Waals surface area contributed by atoms with Crippen LogP contribution < -0.4 is 0 Å². The molecule has 1 aromatic rings. The van der Waals surface area contributed by atoms with Gasteiger partial charge in [0.2, 0.25) is 0 Å². The third kappa shape index (κ3) is 6.07. The Morgan fingerprint density at radius 2 is 1.28 bits per heavy atom. The van der Waals surface area contributed by atoms with Crippen LogP contribution in [0.3, 0.4) is 0 Å². The van der Waals surface area contributed by atoms with E-state index in [1.54, 1.807) is 0 Å². The zero-order valence-corrected chi connectivity index (χ0v) is 20.7. The van der Waals surface area contributed by atoms with Crippen LogP contribution in [0.4, 0.5) is 0 Å². The molecule has 0 bridgehead atoms. The summed E-state index contributed by atoms with van der Waals surface area (Å²) in [6.45, 7) is 26.5. The van der Waals surface area contributed by atoms with E-state index < -0.39 is 0 Å². The van der Waals surface area contributed by atoms with E-state index in [9.17, 15) is 0 Å². The van der Waals surface area contributed by atoms with Gasteiger partial charge in [0.1, 0.15) is 11.5 Å². The minimum Gasteiger partial charge on any atom is -0.461 e. The Labute approximate surface area is 178 Å². The molecule has 2 rings (SSSR count). The summed E-state index contributed by atoms with van der Waals surface area (Å²) in [5.74, 6) is 3.63. The maximum atomic E-state index is 6.32. The average molecular weight is 398 g/mol. The van der Waals surface area contributed by atoms with Gasteiger partial charge in [-0.2, -0.15) is 0 Å². The molecule has 0 atom stereocenters. The van der Waals surface area contributed by atoms with Gasteiger partial charge < -0.3 is 4.74 Å². The molecule has 0 fully saturated rings. The molecule has 0 amide bonds. The number of rotatable bonds is 1. The molecule has 0 unspecified atom stereocenters. The summed E-state index contributed by atoms with van der Waals surface area (Å²) in [5, 5.41) is 0. The van der Waals surface area contributed by atoms with E-state index in [4.69, 9.17) is 9.15 Å². The van der Waals surface area contributed by atoms with Gasteiger partial charge in [-0.15, -0.1) is 0 Å². The summed E-state index contributed by atoms with van der Waals surface area (Å²) in [6.07, 6.45) is 6.38. The van der Waals surface area contributed by atoms with Gasteiger partial charge in [-0.05, 0) is 54.9 Å². The topological polar surface area (TPSA) is 20.5 Å². The van der Waals surface area contributed by atoms with Gasteiger partial charge in [-0.25, -0.2) is 4.42 Å². The number of ether oxygens (including phenoxy) is 1. The highest BCUT2D eigenvalue weighted by atomic mass is 16.5. The molecule has 0 aromatic carbocycles. The molecule has 2 nitrogen and oxygen atoms in total. The predicted octanol–water partition coefficient (Wildman–Crippen LogP) is 8.43. The van der Waals surface area contributed by atoms with Crippen LogP contribution in [0.5, 0.6) is 0 Å². The molecule has 29 heavy (non-hydrogen) atoms. The molecule has 0 saturated heterocycles. The van der Waals surface area contributed by atoms with Crippen LogP contribution in [0, 0.1) is 10.8 Å². The summed E-state index contributed by atoms with van der Waals surface area (Å²) in [7, 11) is 0. The van der Waals surface area contributed by atoms with Crippen LogP contribution in [0.25, 0.3) is 6.08 Å². The predicted molar refractivity (Wildman–Crippen MR) is 125 cm³/mol. The normalized spacial score (nSPS) is 17.7. The van der Waals surface area contributed by atoms with Crippen molar-refractivity contribution in [2.24, 2.45) is 10.8 Å². The van der Waals surface area contributed by atoms with Gasteiger partial charge in [0.05, 0.1) is 11.5 Å². The lowest BCUT2D eigenvalue weighted by Crippen LogP contribution is -2.19. The smallest absolute Gasteiger partial charge is 0.357 e. The fraction of sp³-hybridized carbons (Fsp3) is 0.593. The minimum absolute atomic E-state index is 0.0420. The molecule has 1 aromatic heterocycles. The van der Waals surface area contributed by atoms with Crippen molar-refractivity contribution in [2.45, 2.75) is 93.9 Å². The first kappa shape index (κ1) is 23.4. The Kier molecular flexibility index (Phi) is 6.03. The summed E-state index contributed by atoms with van der Waals surface area (Å²) >= 11 is 0. The van der Waals surface area contributed by atoms with Crippen LogP contribution in [0.2, 0.25) is 0 Å². The highest BCUT2D eigenvalue weighted by Crippen LogP contribution is 2.39. The quantitative estimate of drug-likeness (QED) is 0.443. The third-order valence-electron chi connectivity index (χ3n) is 5.12. The average Bonchev–Trinajstić information content (AvgIpc) is 2.51. The van der Waals surface area contributed by atoms with E-state index in [2.05, 4.69) is 107 Å². The Hall–Kier alpha value is -1.83. The molecule has 0 N–H and O–H groups in total. The van der Waals surface area contributed by atoms with Crippen molar-refractivity contribution in [1.82, 2.24) is 0 Å². The Morgan fingerprint density at radius 1 is 0.690 bits per heavy atom. The molecule has 0 radical (unpaired) electrons. The first-order valence-corrected chi connectivity index (χ1v) is 10.7. The van der Waals surface area contributed by atoms with E-state index in [1.165, 1.54) is 11.1 Å². The second-order valence-corrected chi connectivity index (χ2v) is 12.4. The molecule has 1 aliphatic heterocycles. The maximum Gasteiger partial charge on any atom is 0.357 e. The monoisotopic (exact) mass is 397 g/mol. The molecule has 0 aliphatic carbocycles. The minimum atomic E-state index is -0.0647. The zero-order chi connectivity index (χ0) is 22.4. The highest BCUT2D eigenvalue weighted by Gasteiger charge is 2.32. The molecular weight excluding hydrogens is 356 g/mol. The molecule has 2 heteroatoms. The van der Waals surface area contributed by atoms with Crippen molar-refractivity contribution in [3.63, 3.8) is 0 Å². The highest BCUT2D eigenvalue weighted by molar-refractivity contribution is 5.54. The van der Waals surface area contributed by atoms with Crippen molar-refractivity contribution in [1.29, 1.82) is 0 Å². The SMILES string of the molecule is CC(C)(C)C1=C/C(=C/c2cc(C(C)(C)C)cc(C(C)(C)C)[o+]2)OC(C(C)(C)C)=C1. The van der Waals surface area contributed by atoms with Crippen molar-refractivity contribution in [3.8, 4) is 0 Å². The van der Waals surface area contributed by atoms with E-state index in [1.807, 2.05) is 6.08 Å². The molecule has 2 heterocycles. The van der Waals surface area contributed by atoms with Gasteiger partial charge in [-0.3, -0.25) is 0 Å². The van der Waals surface area contributed by atoms with Gasteiger partial charge in [0, 0.05) is 17.5 Å². The van der Waals surface area contributed by atoms with Crippen molar-refractivity contribution < 1.29 is 9.15 Å². The number of allylic oxidation sites excluding steroid dienone is 4. The summed E-state index contributed by atoms with van der Waals surface area (Å²) in [5.41, 5.74) is 2.49. The van der Waals surface area contributed by atoms with E-state index >= 15 is 0 Å². The van der Waals surface area contributed by atoms with Crippen molar-refractivity contribution in [3.05, 3.63) is 58.5 Å². The third-order valence-corrected chi connectivity index (χ3v) is 5.12. The maximum absolute atomic E-state index is 6.32. The number of hydrogen-bond acceptors (Lipinski definition) is 1. The summed E-state index contributed by atoms with van der Waals surface area (Å²) in [6, 6.07) is 4.34. The Morgan fingerprint density at radius 3 is 1.72 bits per heavy atom. The van der Waals surface area contributed by atoms with Gasteiger partial charge >= 0.3 is 11.5 Å². The van der Waals surface area contributed by atoms with Crippen LogP contribution in [-0.4, -0.2) is 0 Å². The van der Waals surface area contributed by atoms with Crippen molar-refractivity contribution in [2.75, 3.05) is 0 Å². The largest absolute Gasteiger partial charge is 0.461 e. The van der Waals surface area contributed by atoms with Crippen LogP contribution in [0.15, 0.2) is 45.8 Å². The first-order chi connectivity index (χ1) is 12.9. The summed E-state index contributed by atoms with van der Waals surface area (Å²) in [4.78, 5) is 0. The van der Waals surface area contributed by atoms with Gasteiger partial charge in [0.15, 0.2) is 0 Å². The molecule has 160 valence electrons. The Balaban J connectivity index is 2.63. The van der Waals surface area contributed by atoms with Crippen LogP contribution in [0.1, 0.15) is 100 Å². The van der Waals surface area contributed by atoms with Crippen molar-refractivity contribution >= 4 is 6.08 Å². The van der Waals surface area contributed by atoms with Crippen LogP contribution in [-0.2, 0) is 15.6 Å². The second kappa shape index (κ2) is 7.45. The molecular formula is C27H41O2+. The molecule has 0 saturated carbocycles. The van der Waals surface area contributed by atoms with E-state index in [-0.39, 0.29) is 21.7 Å². The number of hydrogen-bond donors (Lipinski definition) is 0. The van der Waals surface area contributed by atoms with E-state index in [0.717, 1.165) is 23.0 Å². The lowest BCUT2D eigenvalue weighted by molar-refractivity contribution is 0.222. The zero-order valence-electron chi connectivity index (χ0n) is 20.7. The lowest BCUT2D eigenvalue weighted by Gasteiger charge is -2.31. The van der Waals surface area contributed by atoms with Gasteiger partial charge in [-0.1, -0.05) is 62.3 Å². The molecule has 0 spiro atoms. The standard InChI is InChI=1S/C27H41O2/c1-24(2,3)18-13-20(28-22(15-18)26(7,8)9)17-21-14-19(25(4,5)6)16-23(29-21)27(10,11)12/h13-17H,1-12H3/q+1. The first-order valence-electron chi connectivity index (χ1n) is 10.7. The lowest BCUT2D eigenvalue weighted by atomic mass is 9.82. The van der Waals surface area contributed by atoms with Crippen LogP contribution >= 0.6 is 0 Å². The van der Waals surface area contributed by atoms with E-state index in [0.29, 0.717) is 0 Å².